The Balaban J connectivity index is 1.51. The largest absolute Gasteiger partial charge is 0.396 e. The number of hydrogen-bond acceptors (Lipinski definition) is 17. The number of aliphatic hydroxyl groups excluding tert-OH is 6. The van der Waals surface area contributed by atoms with Crippen molar-refractivity contribution in [2.75, 3.05) is 26.3 Å². The molecule has 2 aliphatic heterocycles. The van der Waals surface area contributed by atoms with E-state index in [2.05, 4.69) is 10.6 Å². The molecule has 0 radical (unpaired) electrons. The van der Waals surface area contributed by atoms with E-state index in [1.54, 1.807) is 0 Å². The lowest BCUT2D eigenvalue weighted by Gasteiger charge is -2.49. The van der Waals surface area contributed by atoms with E-state index in [-0.39, 0.29) is 44.9 Å². The molecule has 4 aliphatic rings. The summed E-state index contributed by atoms with van der Waals surface area (Å²) in [5.41, 5.74) is 22.6. The molecule has 2 saturated carbocycles. The van der Waals surface area contributed by atoms with Crippen LogP contribution in [0.5, 0.6) is 0 Å². The number of rotatable bonds is 12. The predicted molar refractivity (Wildman–Crippen MR) is 150 cm³/mol. The fourth-order valence-electron chi connectivity index (χ4n) is 6.24. The molecule has 2 heterocycles. The molecule has 4 rings (SSSR count). The van der Waals surface area contributed by atoms with E-state index in [1.165, 1.54) is 0 Å². The summed E-state index contributed by atoms with van der Waals surface area (Å²) in [6, 6.07) is -4.35. The van der Waals surface area contributed by atoms with E-state index in [1.807, 2.05) is 0 Å². The van der Waals surface area contributed by atoms with Gasteiger partial charge in [0, 0.05) is 38.1 Å². The van der Waals surface area contributed by atoms with Gasteiger partial charge in [0.2, 0.25) is 0 Å². The molecule has 44 heavy (non-hydrogen) atoms. The Morgan fingerprint density at radius 3 is 2.16 bits per heavy atom. The lowest BCUT2D eigenvalue weighted by atomic mass is 9.75. The Morgan fingerprint density at radius 2 is 1.52 bits per heavy atom. The van der Waals surface area contributed by atoms with E-state index >= 15 is 0 Å². The van der Waals surface area contributed by atoms with Crippen LogP contribution in [0.1, 0.15) is 32.1 Å². The molecule has 0 spiro atoms. The summed E-state index contributed by atoms with van der Waals surface area (Å²) >= 11 is 0. The molecule has 14 atom stereocenters. The number of carbonyl (C=O) groups excluding carboxylic acids is 1. The van der Waals surface area contributed by atoms with Gasteiger partial charge in [-0.05, 0) is 25.8 Å². The third-order valence-corrected chi connectivity index (χ3v) is 8.94. The maximum Gasteiger partial charge on any atom is 0.252 e. The molecule has 0 unspecified atom stereocenters. The lowest BCUT2D eigenvalue weighted by Crippen LogP contribution is -2.70. The maximum absolute atomic E-state index is 13.0. The van der Waals surface area contributed by atoms with E-state index in [0.29, 0.717) is 13.0 Å². The molecular formula is C26H50N6O12. The van der Waals surface area contributed by atoms with Gasteiger partial charge in [0.1, 0.15) is 42.2 Å². The van der Waals surface area contributed by atoms with Gasteiger partial charge in [-0.25, -0.2) is 0 Å². The van der Waals surface area contributed by atoms with Gasteiger partial charge in [-0.2, -0.15) is 0 Å². The van der Waals surface area contributed by atoms with Crippen molar-refractivity contribution in [2.24, 2.45) is 22.9 Å². The molecule has 18 heteroatoms. The summed E-state index contributed by atoms with van der Waals surface area (Å²) in [5.74, 6) is -0.745. The Hall–Kier alpha value is -1.17. The molecule has 2 aliphatic carbocycles. The third-order valence-electron chi connectivity index (χ3n) is 8.94. The Kier molecular flexibility index (Phi) is 12.3. The predicted octanol–water partition coefficient (Wildman–Crippen LogP) is -7.27. The van der Waals surface area contributed by atoms with Crippen molar-refractivity contribution in [2.45, 2.75) is 129 Å². The number of hydrogen-bond donors (Lipinski definition) is 13. The number of aliphatic hydroxyl groups is 7. The van der Waals surface area contributed by atoms with Crippen LogP contribution in [0, 0.1) is 0 Å². The molecule has 2 saturated heterocycles. The normalized spacial score (nSPS) is 48.0. The summed E-state index contributed by atoms with van der Waals surface area (Å²) in [4.78, 5) is 13.0. The second kappa shape index (κ2) is 15.2. The highest BCUT2D eigenvalue weighted by molar-refractivity contribution is 5.86. The molecule has 17 N–H and O–H groups in total. The van der Waals surface area contributed by atoms with Crippen LogP contribution in [-0.2, 0) is 23.7 Å². The number of carbonyl (C=O) groups is 1. The first-order valence-electron chi connectivity index (χ1n) is 15.1. The van der Waals surface area contributed by atoms with Crippen LogP contribution in [0.25, 0.3) is 0 Å². The van der Waals surface area contributed by atoms with Gasteiger partial charge in [0.15, 0.2) is 12.6 Å². The number of amides is 1. The minimum atomic E-state index is -1.72. The van der Waals surface area contributed by atoms with E-state index in [4.69, 9.17) is 47.0 Å². The van der Waals surface area contributed by atoms with Gasteiger partial charge in [-0.1, -0.05) is 0 Å². The van der Waals surface area contributed by atoms with Crippen LogP contribution >= 0.6 is 0 Å². The maximum atomic E-state index is 13.0. The topological polar surface area (TPSA) is 324 Å². The van der Waals surface area contributed by atoms with Crippen LogP contribution in [0.3, 0.4) is 0 Å². The van der Waals surface area contributed by atoms with E-state index in [0.717, 1.165) is 0 Å². The van der Waals surface area contributed by atoms with Crippen molar-refractivity contribution in [3.05, 3.63) is 0 Å². The average molecular weight is 639 g/mol. The quantitative estimate of drug-likeness (QED) is 0.0883. The summed E-state index contributed by atoms with van der Waals surface area (Å²) in [5, 5.41) is 78.1. The van der Waals surface area contributed by atoms with Crippen molar-refractivity contribution in [1.82, 2.24) is 10.6 Å². The lowest BCUT2D eigenvalue weighted by molar-refractivity contribution is -0.316. The summed E-state index contributed by atoms with van der Waals surface area (Å²) in [7, 11) is 0. The second-order valence-corrected chi connectivity index (χ2v) is 12.4. The highest BCUT2D eigenvalue weighted by Gasteiger charge is 2.53. The van der Waals surface area contributed by atoms with Crippen molar-refractivity contribution in [1.29, 1.82) is 0 Å². The smallest absolute Gasteiger partial charge is 0.252 e. The van der Waals surface area contributed by atoms with Crippen molar-refractivity contribution < 1.29 is 59.5 Å². The monoisotopic (exact) mass is 638 g/mol. The first-order valence-corrected chi connectivity index (χ1v) is 15.1. The molecule has 0 aromatic heterocycles. The van der Waals surface area contributed by atoms with Gasteiger partial charge in [-0.15, -0.1) is 0 Å². The van der Waals surface area contributed by atoms with Crippen LogP contribution in [0.4, 0.5) is 0 Å². The fraction of sp³-hybridized carbons (Fsp3) is 0.962. The van der Waals surface area contributed by atoms with Crippen molar-refractivity contribution >= 4 is 5.91 Å². The highest BCUT2D eigenvalue weighted by Crippen LogP contribution is 2.34. The van der Waals surface area contributed by atoms with Crippen molar-refractivity contribution in [3.8, 4) is 0 Å². The fourth-order valence-corrected chi connectivity index (χ4v) is 6.24. The zero-order chi connectivity index (χ0) is 32.3. The Morgan fingerprint density at radius 1 is 0.864 bits per heavy atom. The molecule has 0 aromatic rings. The minimum absolute atomic E-state index is 0.00273. The van der Waals surface area contributed by atoms with Gasteiger partial charge < -0.3 is 88.3 Å². The Bertz CT molecular complexity index is 934. The highest BCUT2D eigenvalue weighted by atomic mass is 16.7. The molecular weight excluding hydrogens is 588 g/mol. The van der Waals surface area contributed by atoms with Gasteiger partial charge >= 0.3 is 0 Å². The van der Waals surface area contributed by atoms with E-state index in [9.17, 15) is 35.4 Å². The molecule has 256 valence electrons. The zero-order valence-corrected chi connectivity index (χ0v) is 24.5. The van der Waals surface area contributed by atoms with Crippen LogP contribution in [-0.4, -0.2) is 165 Å². The molecule has 1 amide bonds. The standard InChI is InChI=1S/C26H50N6O12/c27-10-6-26(40,7-10)25(39)32-13-4-11(28)21(43-23-12(29)5-14(35)15(41-23)8-31-2-1-3-33)20(38)22(13)44-24-19(37)17(30)18(36)16(9-34)42-24/h10-24,31,33-38,40H,1-9,27-30H2,(H,32,39)/t10?,11-,12+,13+,14-,15+,16+,17-,18+,19+,20-,21+,22-,23+,24+,26?/m0/s1. The summed E-state index contributed by atoms with van der Waals surface area (Å²) < 4.78 is 23.6. The Labute approximate surface area is 254 Å². The van der Waals surface area contributed by atoms with Gasteiger partial charge in [0.05, 0.1) is 36.9 Å². The second-order valence-electron chi connectivity index (χ2n) is 12.4. The van der Waals surface area contributed by atoms with E-state index < -0.39 is 104 Å². The SMILES string of the molecule is NC1CC(O)(C(=O)N[C@@H]2C[C@H](N)[C@@H](O[C@H]3O[C@H](CNCCCO)[C@@H](O)C[C@H]3N)[C@H](O)[C@H]2O[C@H]2O[C@H](CO)[C@@H](O)[C@H](N)[C@H]2O)C1. The molecule has 18 nitrogen and oxygen atoms in total. The van der Waals surface area contributed by atoms with Crippen LogP contribution in [0.2, 0.25) is 0 Å². The molecule has 0 aromatic carbocycles. The minimum Gasteiger partial charge on any atom is -0.396 e. The summed E-state index contributed by atoms with van der Waals surface area (Å²) in [6.45, 7) is 0.0989. The zero-order valence-electron chi connectivity index (χ0n) is 24.5. The van der Waals surface area contributed by atoms with Gasteiger partial charge in [-0.3, -0.25) is 4.79 Å². The molecule has 4 fully saturated rings. The average Bonchev–Trinajstić information content (AvgIpc) is 2.96. The molecule has 0 bridgehead atoms. The first kappa shape index (κ1) is 35.7. The van der Waals surface area contributed by atoms with Gasteiger partial charge in [0.25, 0.3) is 5.91 Å². The third kappa shape index (κ3) is 7.85. The number of nitrogens with one attached hydrogen (secondary N) is 2. The van der Waals surface area contributed by atoms with Crippen molar-refractivity contribution in [3.63, 3.8) is 0 Å². The van der Waals surface area contributed by atoms with Crippen LogP contribution in [0.15, 0.2) is 0 Å². The number of ether oxygens (including phenoxy) is 4. The first-order chi connectivity index (χ1) is 20.8. The summed E-state index contributed by atoms with van der Waals surface area (Å²) in [6.07, 6.45) is -11.9. The van der Waals surface area contributed by atoms with Crippen LogP contribution < -0.4 is 33.6 Å². The number of nitrogens with two attached hydrogens (primary N) is 4.